The number of ketones is 1. The van der Waals surface area contributed by atoms with Crippen LogP contribution in [0.4, 0.5) is 5.69 Å². The van der Waals surface area contributed by atoms with Gasteiger partial charge in [-0.05, 0) is 25.0 Å². The molecule has 1 N–H and O–H groups in total. The number of hydrogen-bond donors (Lipinski definition) is 1. The molecule has 9 heteroatoms. The minimum Gasteiger partial charge on any atom is -0.492 e. The van der Waals surface area contributed by atoms with Gasteiger partial charge in [0.25, 0.3) is 5.91 Å². The molecule has 1 aliphatic carbocycles. The van der Waals surface area contributed by atoms with E-state index in [9.17, 15) is 24.5 Å². The van der Waals surface area contributed by atoms with Crippen LogP contribution in [-0.2, 0) is 19.1 Å². The number of rotatable bonds is 9. The average Bonchev–Trinajstić information content (AvgIpc) is 2.88. The molecule has 0 spiro atoms. The van der Waals surface area contributed by atoms with E-state index in [0.29, 0.717) is 18.0 Å². The summed E-state index contributed by atoms with van der Waals surface area (Å²) in [4.78, 5) is 46.5. The highest BCUT2D eigenvalue weighted by Crippen LogP contribution is 2.36. The fraction of sp³-hybridized carbons (Fsp3) is 0.526. The number of benzene rings is 1. The van der Waals surface area contributed by atoms with Crippen molar-refractivity contribution in [3.8, 4) is 5.75 Å². The minimum absolute atomic E-state index is 0.158. The van der Waals surface area contributed by atoms with Crippen molar-refractivity contribution in [2.45, 2.75) is 26.7 Å². The largest absolute Gasteiger partial charge is 0.492 e. The number of carbonyl (C=O) groups is 3. The summed E-state index contributed by atoms with van der Waals surface area (Å²) in [6, 6.07) is 6.85. The molecule has 0 unspecified atom stereocenters. The second-order valence-electron chi connectivity index (χ2n) is 6.78. The number of Topliss-reactive ketones (excluding diaryl/α,β-unsaturated/α-hetero) is 1. The summed E-state index contributed by atoms with van der Waals surface area (Å²) < 4.78 is 10.4. The van der Waals surface area contributed by atoms with Crippen LogP contribution in [0.5, 0.6) is 5.75 Å². The lowest BCUT2D eigenvalue weighted by Crippen LogP contribution is -2.28. The average molecular weight is 392 g/mol. The standard InChI is InChI=1S/C19H24N2O7/c1-3-27-17-7-5-4-6-15(17)20-18(23)11-28-19(24)9-13-14(10-21(25)26)12(2)8-16(13)22/h4-7,12-14H,3,8-11H2,1-2H3,(H,20,23)/t12-,13+,14-/m1/s1. The number of nitro groups is 1. The summed E-state index contributed by atoms with van der Waals surface area (Å²) in [7, 11) is 0. The van der Waals surface area contributed by atoms with Crippen molar-refractivity contribution in [3.05, 3.63) is 34.4 Å². The predicted octanol–water partition coefficient (Wildman–Crippen LogP) is 2.08. The Labute approximate surface area is 162 Å². The van der Waals surface area contributed by atoms with Crippen molar-refractivity contribution in [3.63, 3.8) is 0 Å². The zero-order chi connectivity index (χ0) is 20.7. The molecular formula is C19H24N2O7. The lowest BCUT2D eigenvalue weighted by atomic mass is 9.88. The molecule has 2 rings (SSSR count). The van der Waals surface area contributed by atoms with Crippen LogP contribution in [0, 0.1) is 27.9 Å². The summed E-state index contributed by atoms with van der Waals surface area (Å²) >= 11 is 0. The van der Waals surface area contributed by atoms with Crippen molar-refractivity contribution in [2.75, 3.05) is 25.1 Å². The van der Waals surface area contributed by atoms with Crippen molar-refractivity contribution in [1.29, 1.82) is 0 Å². The first-order valence-corrected chi connectivity index (χ1v) is 9.13. The second-order valence-corrected chi connectivity index (χ2v) is 6.78. The zero-order valence-electron chi connectivity index (χ0n) is 15.9. The predicted molar refractivity (Wildman–Crippen MR) is 99.4 cm³/mol. The molecule has 1 aromatic rings. The van der Waals surface area contributed by atoms with E-state index in [1.807, 2.05) is 6.92 Å². The van der Waals surface area contributed by atoms with Gasteiger partial charge in [-0.2, -0.15) is 0 Å². The van der Waals surface area contributed by atoms with Crippen LogP contribution in [0.3, 0.4) is 0 Å². The molecule has 3 atom stereocenters. The third kappa shape index (κ3) is 5.77. The van der Waals surface area contributed by atoms with E-state index in [0.717, 1.165) is 0 Å². The molecule has 9 nitrogen and oxygen atoms in total. The number of nitrogens with one attached hydrogen (secondary N) is 1. The lowest BCUT2D eigenvalue weighted by Gasteiger charge is -2.17. The molecule has 0 radical (unpaired) electrons. The Hall–Kier alpha value is -2.97. The molecule has 1 aliphatic rings. The number of anilines is 1. The molecule has 1 fully saturated rings. The van der Waals surface area contributed by atoms with Gasteiger partial charge >= 0.3 is 5.97 Å². The van der Waals surface area contributed by atoms with Gasteiger partial charge in [-0.1, -0.05) is 19.1 Å². The Morgan fingerprint density at radius 2 is 2.04 bits per heavy atom. The Morgan fingerprint density at radius 1 is 1.32 bits per heavy atom. The number of para-hydroxylation sites is 2. The molecule has 152 valence electrons. The monoisotopic (exact) mass is 392 g/mol. The highest BCUT2D eigenvalue weighted by atomic mass is 16.6. The van der Waals surface area contributed by atoms with Gasteiger partial charge in [0.1, 0.15) is 11.5 Å². The first kappa shape index (κ1) is 21.3. The number of hydrogen-bond acceptors (Lipinski definition) is 7. The summed E-state index contributed by atoms with van der Waals surface area (Å²) in [6.45, 7) is 3.13. The van der Waals surface area contributed by atoms with Gasteiger partial charge in [-0.3, -0.25) is 24.5 Å². The van der Waals surface area contributed by atoms with E-state index in [2.05, 4.69) is 5.32 Å². The van der Waals surface area contributed by atoms with E-state index < -0.39 is 35.2 Å². The van der Waals surface area contributed by atoms with Gasteiger partial charge in [-0.25, -0.2) is 0 Å². The van der Waals surface area contributed by atoms with Crippen LogP contribution in [0.25, 0.3) is 0 Å². The van der Waals surface area contributed by atoms with Gasteiger partial charge in [0.15, 0.2) is 6.61 Å². The summed E-state index contributed by atoms with van der Waals surface area (Å²) in [6.07, 6.45) is -0.0460. The Morgan fingerprint density at radius 3 is 2.71 bits per heavy atom. The third-order valence-electron chi connectivity index (χ3n) is 4.76. The summed E-state index contributed by atoms with van der Waals surface area (Å²) in [5.74, 6) is -2.35. The quantitative estimate of drug-likeness (QED) is 0.387. The highest BCUT2D eigenvalue weighted by molar-refractivity contribution is 5.94. The molecule has 1 amide bonds. The maximum atomic E-state index is 12.1. The van der Waals surface area contributed by atoms with Crippen LogP contribution < -0.4 is 10.1 Å². The number of ether oxygens (including phenoxy) is 2. The lowest BCUT2D eigenvalue weighted by molar-refractivity contribution is -0.490. The van der Waals surface area contributed by atoms with E-state index in [1.54, 1.807) is 31.2 Å². The molecule has 0 aromatic heterocycles. The number of amides is 1. The first-order chi connectivity index (χ1) is 13.3. The van der Waals surface area contributed by atoms with Crippen LogP contribution in [0.2, 0.25) is 0 Å². The van der Waals surface area contributed by atoms with Crippen LogP contribution in [-0.4, -0.2) is 42.3 Å². The smallest absolute Gasteiger partial charge is 0.307 e. The van der Waals surface area contributed by atoms with Gasteiger partial charge in [0.2, 0.25) is 6.54 Å². The normalized spacial score (nSPS) is 21.2. The second kappa shape index (κ2) is 9.82. The number of carbonyl (C=O) groups excluding carboxylic acids is 3. The Bertz CT molecular complexity index is 750. The Balaban J connectivity index is 1.87. The molecule has 28 heavy (non-hydrogen) atoms. The zero-order valence-corrected chi connectivity index (χ0v) is 15.9. The van der Waals surface area contributed by atoms with E-state index in [1.165, 1.54) is 0 Å². The Kier molecular flexibility index (Phi) is 7.48. The maximum absolute atomic E-state index is 12.1. The van der Waals surface area contributed by atoms with E-state index in [4.69, 9.17) is 9.47 Å². The molecular weight excluding hydrogens is 368 g/mol. The van der Waals surface area contributed by atoms with Gasteiger partial charge in [-0.15, -0.1) is 0 Å². The fourth-order valence-corrected chi connectivity index (χ4v) is 3.42. The van der Waals surface area contributed by atoms with E-state index >= 15 is 0 Å². The fourth-order valence-electron chi connectivity index (χ4n) is 3.42. The van der Waals surface area contributed by atoms with Crippen LogP contribution in [0.15, 0.2) is 24.3 Å². The van der Waals surface area contributed by atoms with Crippen molar-refractivity contribution in [2.24, 2.45) is 17.8 Å². The third-order valence-corrected chi connectivity index (χ3v) is 4.76. The topological polar surface area (TPSA) is 125 Å². The number of nitrogens with zero attached hydrogens (tertiary/aromatic N) is 1. The highest BCUT2D eigenvalue weighted by Gasteiger charge is 2.44. The summed E-state index contributed by atoms with van der Waals surface area (Å²) in [5.41, 5.74) is 0.455. The molecule has 0 aliphatic heterocycles. The summed E-state index contributed by atoms with van der Waals surface area (Å²) in [5, 5.41) is 13.4. The van der Waals surface area contributed by atoms with Gasteiger partial charge in [0.05, 0.1) is 18.7 Å². The molecule has 0 bridgehead atoms. The van der Waals surface area contributed by atoms with Crippen molar-refractivity contribution in [1.82, 2.24) is 0 Å². The van der Waals surface area contributed by atoms with Crippen molar-refractivity contribution < 1.29 is 28.8 Å². The molecule has 0 saturated heterocycles. The minimum atomic E-state index is -0.741. The van der Waals surface area contributed by atoms with Crippen LogP contribution in [0.1, 0.15) is 26.7 Å². The number of esters is 1. The first-order valence-electron chi connectivity index (χ1n) is 9.13. The molecule has 1 saturated carbocycles. The van der Waals surface area contributed by atoms with Gasteiger partial charge in [0, 0.05) is 23.2 Å². The van der Waals surface area contributed by atoms with Crippen LogP contribution >= 0.6 is 0 Å². The van der Waals surface area contributed by atoms with Crippen molar-refractivity contribution >= 4 is 23.3 Å². The molecule has 1 aromatic carbocycles. The molecule has 0 heterocycles. The maximum Gasteiger partial charge on any atom is 0.307 e. The van der Waals surface area contributed by atoms with E-state index in [-0.39, 0.29) is 31.1 Å². The SMILES string of the molecule is CCOc1ccccc1NC(=O)COC(=O)C[C@@H]1C(=O)C[C@@H](C)[C@H]1C[N+](=O)[O-]. The van der Waals surface area contributed by atoms with Gasteiger partial charge < -0.3 is 14.8 Å².